The SMILES string of the molecule is COc1ccc(NC[C@H](C)O)c(C)c1. The number of benzene rings is 1. The molecule has 0 saturated carbocycles. The first-order chi connectivity index (χ1) is 6.63. The Bertz CT molecular complexity index is 297. The van der Waals surface area contributed by atoms with Crippen molar-refractivity contribution in [3.05, 3.63) is 23.8 Å². The summed E-state index contributed by atoms with van der Waals surface area (Å²) < 4.78 is 5.10. The normalized spacial score (nSPS) is 12.3. The summed E-state index contributed by atoms with van der Waals surface area (Å²) in [7, 11) is 1.65. The maximum atomic E-state index is 9.12. The second-order valence-electron chi connectivity index (χ2n) is 3.41. The van der Waals surface area contributed by atoms with Gasteiger partial charge >= 0.3 is 0 Å². The molecule has 0 aliphatic rings. The number of ether oxygens (including phenoxy) is 1. The summed E-state index contributed by atoms with van der Waals surface area (Å²) in [6, 6.07) is 5.82. The van der Waals surface area contributed by atoms with Crippen molar-refractivity contribution in [2.75, 3.05) is 19.0 Å². The first-order valence-corrected chi connectivity index (χ1v) is 4.70. The number of hydrogen-bond donors (Lipinski definition) is 2. The van der Waals surface area contributed by atoms with Gasteiger partial charge in [-0.25, -0.2) is 0 Å². The number of aliphatic hydroxyl groups excluding tert-OH is 1. The van der Waals surface area contributed by atoms with Crippen molar-refractivity contribution in [1.29, 1.82) is 0 Å². The summed E-state index contributed by atoms with van der Waals surface area (Å²) in [5.74, 6) is 0.852. The van der Waals surface area contributed by atoms with E-state index in [4.69, 9.17) is 9.84 Å². The lowest BCUT2D eigenvalue weighted by molar-refractivity contribution is 0.208. The molecule has 0 radical (unpaired) electrons. The number of nitrogens with one attached hydrogen (secondary N) is 1. The van der Waals surface area contributed by atoms with Crippen molar-refractivity contribution in [2.24, 2.45) is 0 Å². The van der Waals surface area contributed by atoms with Crippen molar-refractivity contribution in [2.45, 2.75) is 20.0 Å². The minimum Gasteiger partial charge on any atom is -0.497 e. The van der Waals surface area contributed by atoms with Gasteiger partial charge in [0.05, 0.1) is 13.2 Å². The summed E-state index contributed by atoms with van der Waals surface area (Å²) >= 11 is 0. The maximum absolute atomic E-state index is 9.12. The van der Waals surface area contributed by atoms with E-state index in [9.17, 15) is 0 Å². The van der Waals surface area contributed by atoms with E-state index >= 15 is 0 Å². The van der Waals surface area contributed by atoms with Crippen LogP contribution in [0.25, 0.3) is 0 Å². The summed E-state index contributed by atoms with van der Waals surface area (Å²) in [5, 5.41) is 12.3. The van der Waals surface area contributed by atoms with Gasteiger partial charge in [0.25, 0.3) is 0 Å². The average molecular weight is 195 g/mol. The van der Waals surface area contributed by atoms with Crippen molar-refractivity contribution < 1.29 is 9.84 Å². The highest BCUT2D eigenvalue weighted by atomic mass is 16.5. The van der Waals surface area contributed by atoms with Crippen LogP contribution in [0.15, 0.2) is 18.2 Å². The smallest absolute Gasteiger partial charge is 0.119 e. The third-order valence-electron chi connectivity index (χ3n) is 2.02. The molecular weight excluding hydrogens is 178 g/mol. The number of aliphatic hydroxyl groups is 1. The van der Waals surface area contributed by atoms with Gasteiger partial charge in [0.2, 0.25) is 0 Å². The molecule has 0 spiro atoms. The van der Waals surface area contributed by atoms with Crippen molar-refractivity contribution >= 4 is 5.69 Å². The van der Waals surface area contributed by atoms with Gasteiger partial charge in [-0.3, -0.25) is 0 Å². The highest BCUT2D eigenvalue weighted by molar-refractivity contribution is 5.53. The molecule has 78 valence electrons. The lowest BCUT2D eigenvalue weighted by Gasteiger charge is -2.11. The third kappa shape index (κ3) is 2.92. The Morgan fingerprint density at radius 2 is 2.21 bits per heavy atom. The number of anilines is 1. The van der Waals surface area contributed by atoms with Crippen LogP contribution in [0, 0.1) is 6.92 Å². The van der Waals surface area contributed by atoms with E-state index < -0.39 is 0 Å². The molecule has 0 heterocycles. The predicted octanol–water partition coefficient (Wildman–Crippen LogP) is 1.80. The Kier molecular flexibility index (Phi) is 3.77. The van der Waals surface area contributed by atoms with Crippen LogP contribution in [-0.2, 0) is 0 Å². The van der Waals surface area contributed by atoms with Gasteiger partial charge in [0, 0.05) is 12.2 Å². The maximum Gasteiger partial charge on any atom is 0.119 e. The standard InChI is InChI=1S/C11H17NO2/c1-8-6-10(14-3)4-5-11(8)12-7-9(2)13/h4-6,9,12-13H,7H2,1-3H3/t9-/m0/s1. The molecule has 0 aliphatic carbocycles. The molecular formula is C11H17NO2. The van der Waals surface area contributed by atoms with Gasteiger partial charge in [0.15, 0.2) is 0 Å². The third-order valence-corrected chi connectivity index (χ3v) is 2.02. The molecule has 0 aromatic heterocycles. The predicted molar refractivity (Wildman–Crippen MR) is 57.9 cm³/mol. The van der Waals surface area contributed by atoms with Gasteiger partial charge in [-0.05, 0) is 37.6 Å². The summed E-state index contributed by atoms with van der Waals surface area (Å²) in [6.07, 6.45) is -0.337. The Hall–Kier alpha value is -1.22. The van der Waals surface area contributed by atoms with Crippen molar-refractivity contribution in [3.8, 4) is 5.75 Å². The topological polar surface area (TPSA) is 41.5 Å². The number of methoxy groups -OCH3 is 1. The quantitative estimate of drug-likeness (QED) is 0.769. The van der Waals surface area contributed by atoms with E-state index in [2.05, 4.69) is 5.32 Å². The van der Waals surface area contributed by atoms with Crippen molar-refractivity contribution in [1.82, 2.24) is 0 Å². The molecule has 0 unspecified atom stereocenters. The molecule has 2 N–H and O–H groups in total. The lowest BCUT2D eigenvalue weighted by atomic mass is 10.2. The highest BCUT2D eigenvalue weighted by Gasteiger charge is 2.01. The molecule has 3 nitrogen and oxygen atoms in total. The largest absolute Gasteiger partial charge is 0.497 e. The van der Waals surface area contributed by atoms with E-state index in [-0.39, 0.29) is 6.10 Å². The molecule has 0 bridgehead atoms. The second-order valence-corrected chi connectivity index (χ2v) is 3.41. The number of hydrogen-bond acceptors (Lipinski definition) is 3. The van der Waals surface area contributed by atoms with Gasteiger partial charge < -0.3 is 15.2 Å². The van der Waals surface area contributed by atoms with E-state index in [1.54, 1.807) is 14.0 Å². The van der Waals surface area contributed by atoms with Gasteiger partial charge in [-0.15, -0.1) is 0 Å². The van der Waals surface area contributed by atoms with Gasteiger partial charge in [-0.1, -0.05) is 0 Å². The average Bonchev–Trinajstić information content (AvgIpc) is 2.15. The monoisotopic (exact) mass is 195 g/mol. The molecule has 1 aromatic carbocycles. The Morgan fingerprint density at radius 3 is 2.71 bits per heavy atom. The molecule has 1 atom stereocenters. The fraction of sp³-hybridized carbons (Fsp3) is 0.455. The molecule has 0 aliphatic heterocycles. The molecule has 0 amide bonds. The van der Waals surface area contributed by atoms with Gasteiger partial charge in [-0.2, -0.15) is 0 Å². The van der Waals surface area contributed by atoms with Crippen LogP contribution in [0.4, 0.5) is 5.69 Å². The Balaban J connectivity index is 2.69. The van der Waals surface area contributed by atoms with E-state index in [0.29, 0.717) is 6.54 Å². The number of rotatable bonds is 4. The molecule has 0 fully saturated rings. The molecule has 1 rings (SSSR count). The molecule has 0 saturated heterocycles. The van der Waals surface area contributed by atoms with E-state index in [1.807, 2.05) is 25.1 Å². The van der Waals surface area contributed by atoms with Crippen LogP contribution < -0.4 is 10.1 Å². The fourth-order valence-corrected chi connectivity index (χ4v) is 1.22. The van der Waals surface area contributed by atoms with Crippen LogP contribution >= 0.6 is 0 Å². The molecule has 1 aromatic rings. The van der Waals surface area contributed by atoms with Crippen LogP contribution in [0.3, 0.4) is 0 Å². The second kappa shape index (κ2) is 4.86. The van der Waals surface area contributed by atoms with E-state index in [0.717, 1.165) is 17.0 Å². The zero-order chi connectivity index (χ0) is 10.6. The van der Waals surface area contributed by atoms with Crippen LogP contribution in [0.5, 0.6) is 5.75 Å². The summed E-state index contributed by atoms with van der Waals surface area (Å²) in [5.41, 5.74) is 2.15. The molecule has 14 heavy (non-hydrogen) atoms. The first kappa shape index (κ1) is 10.9. The first-order valence-electron chi connectivity index (χ1n) is 4.70. The minimum atomic E-state index is -0.337. The number of aryl methyl sites for hydroxylation is 1. The van der Waals surface area contributed by atoms with Gasteiger partial charge in [0.1, 0.15) is 5.75 Å². The Labute approximate surface area is 84.7 Å². The highest BCUT2D eigenvalue weighted by Crippen LogP contribution is 2.20. The van der Waals surface area contributed by atoms with E-state index in [1.165, 1.54) is 0 Å². The van der Waals surface area contributed by atoms with Crippen LogP contribution in [0.1, 0.15) is 12.5 Å². The van der Waals surface area contributed by atoms with Crippen molar-refractivity contribution in [3.63, 3.8) is 0 Å². The zero-order valence-electron chi connectivity index (χ0n) is 8.87. The summed E-state index contributed by atoms with van der Waals surface area (Å²) in [4.78, 5) is 0. The Morgan fingerprint density at radius 1 is 1.50 bits per heavy atom. The van der Waals surface area contributed by atoms with Crippen LogP contribution in [-0.4, -0.2) is 24.9 Å². The van der Waals surface area contributed by atoms with Crippen LogP contribution in [0.2, 0.25) is 0 Å². The molecule has 3 heteroatoms. The zero-order valence-corrected chi connectivity index (χ0v) is 8.87. The lowest BCUT2D eigenvalue weighted by Crippen LogP contribution is -2.15. The fourth-order valence-electron chi connectivity index (χ4n) is 1.22. The minimum absolute atomic E-state index is 0.337. The summed E-state index contributed by atoms with van der Waals surface area (Å²) in [6.45, 7) is 4.33.